The Hall–Kier alpha value is -1.60. The Kier molecular flexibility index (Phi) is 5.19. The number of carbonyl (C=O) groups excluding carboxylic acids is 1. The number of nitrogens with zero attached hydrogens (tertiary/aromatic N) is 2. The molecule has 0 N–H and O–H groups in total. The highest BCUT2D eigenvalue weighted by molar-refractivity contribution is 9.10. The lowest BCUT2D eigenvalue weighted by molar-refractivity contribution is -0.298. The van der Waals surface area contributed by atoms with E-state index in [0.717, 1.165) is 27.4 Å². The van der Waals surface area contributed by atoms with E-state index in [9.17, 15) is 9.90 Å². The van der Waals surface area contributed by atoms with Crippen LogP contribution in [-0.2, 0) is 11.2 Å². The zero-order chi connectivity index (χ0) is 15.4. The second-order valence-electron chi connectivity index (χ2n) is 4.22. The summed E-state index contributed by atoms with van der Waals surface area (Å²) in [7, 11) is 0. The molecule has 0 atom stereocenters. The van der Waals surface area contributed by atoms with Gasteiger partial charge in [0.15, 0.2) is 0 Å². The van der Waals surface area contributed by atoms with E-state index in [2.05, 4.69) is 26.1 Å². The van der Waals surface area contributed by atoms with Gasteiger partial charge in [0.05, 0.1) is 5.97 Å². The molecule has 0 unspecified atom stereocenters. The number of hydrogen-bond acceptors (Lipinski definition) is 6. The topological polar surface area (TPSA) is 79.0 Å². The number of carbonyl (C=O) groups is 1. The number of aryl methyl sites for hydroxylation is 2. The molecule has 0 bridgehead atoms. The predicted molar refractivity (Wildman–Crippen MR) is 81.4 cm³/mol. The van der Waals surface area contributed by atoms with Gasteiger partial charge in [-0.15, -0.1) is 10.2 Å². The molecule has 7 heteroatoms. The van der Waals surface area contributed by atoms with E-state index in [4.69, 9.17) is 4.42 Å². The van der Waals surface area contributed by atoms with E-state index in [-0.39, 0.29) is 10.1 Å². The summed E-state index contributed by atoms with van der Waals surface area (Å²) in [6.45, 7) is 3.83. The van der Waals surface area contributed by atoms with Crippen LogP contribution in [0.5, 0.6) is 0 Å². The van der Waals surface area contributed by atoms with Crippen molar-refractivity contribution in [3.8, 4) is 0 Å². The van der Waals surface area contributed by atoms with Crippen LogP contribution in [0.4, 0.5) is 0 Å². The van der Waals surface area contributed by atoms with E-state index < -0.39 is 5.97 Å². The quantitative estimate of drug-likeness (QED) is 0.596. The van der Waals surface area contributed by atoms with Crippen LogP contribution in [-0.4, -0.2) is 16.2 Å². The molecule has 0 aliphatic carbocycles. The minimum atomic E-state index is -1.28. The Bertz CT molecular complexity index is 697. The number of hydrogen-bond donors (Lipinski definition) is 0. The molecule has 5 nitrogen and oxygen atoms in total. The number of aliphatic carboxylic acids is 1. The number of rotatable bonds is 5. The van der Waals surface area contributed by atoms with E-state index in [0.29, 0.717) is 12.3 Å². The lowest BCUT2D eigenvalue weighted by Crippen LogP contribution is -2.23. The third kappa shape index (κ3) is 4.18. The lowest BCUT2D eigenvalue weighted by atomic mass is 10.1. The summed E-state index contributed by atoms with van der Waals surface area (Å²) >= 11 is 4.29. The van der Waals surface area contributed by atoms with E-state index in [1.807, 2.05) is 32.0 Å². The summed E-state index contributed by atoms with van der Waals surface area (Å²) in [6.07, 6.45) is 2.11. The predicted octanol–water partition coefficient (Wildman–Crippen LogP) is 2.59. The van der Waals surface area contributed by atoms with Gasteiger partial charge in [-0.1, -0.05) is 35.0 Å². The first-order valence-corrected chi connectivity index (χ1v) is 7.80. The molecule has 0 aliphatic heterocycles. The van der Waals surface area contributed by atoms with Gasteiger partial charge in [-0.2, -0.15) is 0 Å². The van der Waals surface area contributed by atoms with Gasteiger partial charge in [-0.3, -0.25) is 0 Å². The average molecular weight is 368 g/mol. The fourth-order valence-corrected chi connectivity index (χ4v) is 2.58. The van der Waals surface area contributed by atoms with E-state index in [1.54, 1.807) is 0 Å². The second-order valence-corrected chi connectivity index (χ2v) is 6.07. The van der Waals surface area contributed by atoms with Crippen molar-refractivity contribution >= 4 is 39.7 Å². The highest BCUT2D eigenvalue weighted by Crippen LogP contribution is 2.28. The zero-order valence-electron chi connectivity index (χ0n) is 11.4. The van der Waals surface area contributed by atoms with Crippen molar-refractivity contribution in [2.75, 3.05) is 0 Å². The van der Waals surface area contributed by atoms with Crippen molar-refractivity contribution in [1.82, 2.24) is 10.2 Å². The van der Waals surface area contributed by atoms with Gasteiger partial charge in [0, 0.05) is 15.8 Å². The molecule has 0 saturated carbocycles. The third-order valence-corrected chi connectivity index (χ3v) is 4.34. The van der Waals surface area contributed by atoms with Crippen LogP contribution in [0, 0.1) is 6.92 Å². The Balaban J connectivity index is 2.27. The maximum absolute atomic E-state index is 11.2. The molecule has 0 amide bonds. The second kappa shape index (κ2) is 6.91. The summed E-state index contributed by atoms with van der Waals surface area (Å²) in [5, 5.41) is 19.0. The maximum Gasteiger partial charge on any atom is 0.281 e. The Morgan fingerprint density at radius 1 is 1.48 bits per heavy atom. The van der Waals surface area contributed by atoms with Crippen LogP contribution in [0.15, 0.2) is 37.2 Å². The Morgan fingerprint density at radius 3 is 2.81 bits per heavy atom. The molecule has 0 fully saturated rings. The van der Waals surface area contributed by atoms with Gasteiger partial charge in [-0.25, -0.2) is 0 Å². The third-order valence-electron chi connectivity index (χ3n) is 2.64. The highest BCUT2D eigenvalue weighted by Gasteiger charge is 2.10. The minimum Gasteiger partial charge on any atom is -0.544 e. The molecule has 1 aromatic heterocycles. The van der Waals surface area contributed by atoms with Crippen LogP contribution >= 0.6 is 27.7 Å². The molecule has 1 aromatic carbocycles. The van der Waals surface area contributed by atoms with Crippen LogP contribution < -0.4 is 5.11 Å². The number of thioether (sulfide) groups is 1. The van der Waals surface area contributed by atoms with Crippen LogP contribution in [0.3, 0.4) is 0 Å². The molecule has 0 saturated heterocycles. The van der Waals surface area contributed by atoms with Crippen molar-refractivity contribution in [3.63, 3.8) is 0 Å². The van der Waals surface area contributed by atoms with Crippen LogP contribution in [0.25, 0.3) is 6.08 Å². The Labute approximate surface area is 134 Å². The number of aromatic nitrogens is 2. The summed E-state index contributed by atoms with van der Waals surface area (Å²) in [4.78, 5) is 11.2. The fourth-order valence-electron chi connectivity index (χ4n) is 1.50. The molecule has 1 heterocycles. The number of halogens is 1. The van der Waals surface area contributed by atoms with Gasteiger partial charge >= 0.3 is 0 Å². The fraction of sp³-hybridized carbons (Fsp3) is 0.214. The SMILES string of the molecule is CCc1nnc(S/C(=C\c2ccc(C)c(Br)c2)C(=O)[O-])o1. The molecule has 0 aliphatic rings. The molecule has 0 spiro atoms. The molecule has 2 rings (SSSR count). The van der Waals surface area contributed by atoms with Crippen molar-refractivity contribution in [1.29, 1.82) is 0 Å². The normalized spacial score (nSPS) is 11.7. The van der Waals surface area contributed by atoms with Crippen LogP contribution in [0.1, 0.15) is 23.9 Å². The molecule has 0 radical (unpaired) electrons. The smallest absolute Gasteiger partial charge is 0.281 e. The first-order chi connectivity index (χ1) is 9.99. The molecule has 110 valence electrons. The first-order valence-electron chi connectivity index (χ1n) is 6.19. The molecular weight excluding hydrogens is 356 g/mol. The van der Waals surface area contributed by atoms with E-state index in [1.165, 1.54) is 6.08 Å². The lowest BCUT2D eigenvalue weighted by Gasteiger charge is -2.06. The van der Waals surface area contributed by atoms with Gasteiger partial charge in [0.1, 0.15) is 0 Å². The van der Waals surface area contributed by atoms with Crippen molar-refractivity contribution in [3.05, 3.63) is 44.6 Å². The van der Waals surface area contributed by atoms with Gasteiger partial charge in [-0.05, 0) is 42.0 Å². The molecule has 21 heavy (non-hydrogen) atoms. The monoisotopic (exact) mass is 367 g/mol. The molecular formula is C14H12BrN2O3S-. The van der Waals surface area contributed by atoms with E-state index >= 15 is 0 Å². The maximum atomic E-state index is 11.2. The standard InChI is InChI=1S/C14H13BrN2O3S/c1-3-12-16-17-14(20-12)21-11(13(18)19)7-9-5-4-8(2)10(15)6-9/h4-7H,3H2,1-2H3,(H,18,19)/p-1/b11-7-. The minimum absolute atomic E-state index is 0.0112. The Morgan fingerprint density at radius 2 is 2.24 bits per heavy atom. The van der Waals surface area contributed by atoms with Crippen molar-refractivity contribution < 1.29 is 14.3 Å². The first kappa shape index (κ1) is 15.8. The summed E-state index contributed by atoms with van der Waals surface area (Å²) < 4.78 is 6.20. The van der Waals surface area contributed by atoms with Crippen molar-refractivity contribution in [2.45, 2.75) is 25.5 Å². The number of carboxylic acids is 1. The zero-order valence-corrected chi connectivity index (χ0v) is 13.8. The van der Waals surface area contributed by atoms with Gasteiger partial charge in [0.2, 0.25) is 5.89 Å². The summed E-state index contributed by atoms with van der Waals surface area (Å²) in [6, 6.07) is 5.56. The highest BCUT2D eigenvalue weighted by atomic mass is 79.9. The van der Waals surface area contributed by atoms with Crippen LogP contribution in [0.2, 0.25) is 0 Å². The average Bonchev–Trinajstić information content (AvgIpc) is 2.90. The molecule has 2 aromatic rings. The number of benzene rings is 1. The summed E-state index contributed by atoms with van der Waals surface area (Å²) in [5.74, 6) is -0.818. The van der Waals surface area contributed by atoms with Gasteiger partial charge in [0.25, 0.3) is 5.22 Å². The summed E-state index contributed by atoms with van der Waals surface area (Å²) in [5.41, 5.74) is 1.81. The van der Waals surface area contributed by atoms with Crippen molar-refractivity contribution in [2.24, 2.45) is 0 Å². The number of carboxylic acid groups (broad SMARTS) is 1. The van der Waals surface area contributed by atoms with Gasteiger partial charge < -0.3 is 14.3 Å². The largest absolute Gasteiger partial charge is 0.544 e.